The highest BCUT2D eigenvalue weighted by Crippen LogP contribution is 2.39. The molecule has 2 heterocycles. The molecule has 1 aromatic carbocycles. The third kappa shape index (κ3) is 2.15. The molecule has 3 rings (SSSR count). The molecule has 0 atom stereocenters. The minimum atomic E-state index is -0.834. The molecule has 0 spiro atoms. The minimum absolute atomic E-state index is 0.165. The van der Waals surface area contributed by atoms with Crippen LogP contribution in [-0.4, -0.2) is 9.97 Å². The van der Waals surface area contributed by atoms with Gasteiger partial charge in [-0.1, -0.05) is 11.6 Å². The zero-order valence-electron chi connectivity index (χ0n) is 11.1. The van der Waals surface area contributed by atoms with E-state index in [1.165, 1.54) is 0 Å². The van der Waals surface area contributed by atoms with Gasteiger partial charge >= 0.3 is 0 Å². The molecule has 0 aliphatic heterocycles. The fourth-order valence-corrected chi connectivity index (χ4v) is 3.65. The molecule has 0 bridgehead atoms. The van der Waals surface area contributed by atoms with Gasteiger partial charge in [0, 0.05) is 4.88 Å². The maximum atomic E-state index is 14.2. The number of halogens is 3. The third-order valence-corrected chi connectivity index (χ3v) is 4.69. The molecular weight excluding hydrogens is 318 g/mol. The summed E-state index contributed by atoms with van der Waals surface area (Å²) in [5, 5.41) is 0.181. The zero-order chi connectivity index (χ0) is 15.3. The van der Waals surface area contributed by atoms with Crippen molar-refractivity contribution >= 4 is 33.2 Å². The van der Waals surface area contributed by atoms with Crippen molar-refractivity contribution in [3.8, 4) is 10.4 Å². The summed E-state index contributed by atoms with van der Waals surface area (Å²) in [5.74, 6) is -1.11. The van der Waals surface area contributed by atoms with Gasteiger partial charge in [-0.25, -0.2) is 13.8 Å². The van der Waals surface area contributed by atoms with Gasteiger partial charge in [-0.15, -0.1) is 11.3 Å². The number of rotatable bonds is 1. The number of aryl methyl sites for hydroxylation is 2. The summed E-state index contributed by atoms with van der Waals surface area (Å²) in [4.78, 5) is 19.6. The topological polar surface area (TPSA) is 45.8 Å². The van der Waals surface area contributed by atoms with Crippen molar-refractivity contribution in [2.24, 2.45) is 0 Å². The SMILES string of the molecule is Cc1nc2sc(-c3c(F)ccc(Cl)c3F)c(C)c2c(=O)[nH]1. The molecule has 21 heavy (non-hydrogen) atoms. The molecular formula is C14H9ClF2N2OS. The van der Waals surface area contributed by atoms with Crippen LogP contribution in [0.3, 0.4) is 0 Å². The van der Waals surface area contributed by atoms with Crippen LogP contribution in [0.2, 0.25) is 5.02 Å². The maximum absolute atomic E-state index is 14.2. The molecule has 0 unspecified atom stereocenters. The fraction of sp³-hybridized carbons (Fsp3) is 0.143. The Morgan fingerprint density at radius 1 is 1.29 bits per heavy atom. The van der Waals surface area contributed by atoms with E-state index in [9.17, 15) is 13.6 Å². The Labute approximate surface area is 127 Å². The van der Waals surface area contributed by atoms with Crippen LogP contribution < -0.4 is 5.56 Å². The number of thiophene rings is 1. The number of H-pyrrole nitrogens is 1. The Morgan fingerprint density at radius 3 is 2.71 bits per heavy atom. The van der Waals surface area contributed by atoms with Crippen LogP contribution in [0, 0.1) is 25.5 Å². The number of fused-ring (bicyclic) bond motifs is 1. The normalized spacial score (nSPS) is 11.3. The first-order valence-corrected chi connectivity index (χ1v) is 7.23. The van der Waals surface area contributed by atoms with Crippen LogP contribution in [0.1, 0.15) is 11.4 Å². The Kier molecular flexibility index (Phi) is 3.30. The van der Waals surface area contributed by atoms with E-state index >= 15 is 0 Å². The highest BCUT2D eigenvalue weighted by molar-refractivity contribution is 7.22. The van der Waals surface area contributed by atoms with Gasteiger partial charge < -0.3 is 4.98 Å². The minimum Gasteiger partial charge on any atom is -0.310 e. The standard InChI is InChI=1S/C14H9ClF2N2OS/c1-5-9-13(20)18-6(2)19-14(9)21-12(5)10-8(16)4-3-7(15)11(10)17/h3-4H,1-2H3,(H,18,19,20). The summed E-state index contributed by atoms with van der Waals surface area (Å²) in [6.07, 6.45) is 0. The Bertz CT molecular complexity index is 933. The van der Waals surface area contributed by atoms with E-state index in [1.54, 1.807) is 13.8 Å². The smallest absolute Gasteiger partial charge is 0.259 e. The molecule has 0 aliphatic carbocycles. The molecule has 7 heteroatoms. The molecule has 0 radical (unpaired) electrons. The molecule has 2 aromatic heterocycles. The second kappa shape index (κ2) is 4.89. The monoisotopic (exact) mass is 326 g/mol. The van der Waals surface area contributed by atoms with Crippen LogP contribution in [0.25, 0.3) is 20.7 Å². The Balaban J connectivity index is 2.43. The van der Waals surface area contributed by atoms with E-state index in [0.29, 0.717) is 26.5 Å². The predicted octanol–water partition coefficient (Wildman–Crippen LogP) is 4.20. The maximum Gasteiger partial charge on any atom is 0.259 e. The second-order valence-electron chi connectivity index (χ2n) is 4.61. The molecule has 0 amide bonds. The summed E-state index contributed by atoms with van der Waals surface area (Å²) >= 11 is 6.80. The quantitative estimate of drug-likeness (QED) is 0.681. The number of hydrogen-bond donors (Lipinski definition) is 1. The second-order valence-corrected chi connectivity index (χ2v) is 6.01. The molecule has 108 valence electrons. The first-order chi connectivity index (χ1) is 9.90. The van der Waals surface area contributed by atoms with Crippen LogP contribution in [0.5, 0.6) is 0 Å². The lowest BCUT2D eigenvalue weighted by Gasteiger charge is -2.05. The van der Waals surface area contributed by atoms with Crippen molar-refractivity contribution in [2.45, 2.75) is 13.8 Å². The summed E-state index contributed by atoms with van der Waals surface area (Å²) < 4.78 is 28.2. The lowest BCUT2D eigenvalue weighted by molar-refractivity contribution is 0.590. The fourth-order valence-electron chi connectivity index (χ4n) is 2.23. The third-order valence-electron chi connectivity index (χ3n) is 3.19. The largest absolute Gasteiger partial charge is 0.310 e. The molecule has 0 saturated carbocycles. The zero-order valence-corrected chi connectivity index (χ0v) is 12.6. The lowest BCUT2D eigenvalue weighted by Crippen LogP contribution is -2.08. The molecule has 3 nitrogen and oxygen atoms in total. The summed E-state index contributed by atoms with van der Waals surface area (Å²) in [6, 6.07) is 2.26. The van der Waals surface area contributed by atoms with Crippen molar-refractivity contribution in [3.05, 3.63) is 50.5 Å². The number of nitrogens with zero attached hydrogens (tertiary/aromatic N) is 1. The van der Waals surface area contributed by atoms with Crippen molar-refractivity contribution in [3.63, 3.8) is 0 Å². The van der Waals surface area contributed by atoms with Gasteiger partial charge in [-0.2, -0.15) is 0 Å². The first kappa shape index (κ1) is 14.2. The van der Waals surface area contributed by atoms with Crippen molar-refractivity contribution in [1.82, 2.24) is 9.97 Å². The van der Waals surface area contributed by atoms with Gasteiger partial charge in [0.1, 0.15) is 16.5 Å². The van der Waals surface area contributed by atoms with E-state index in [2.05, 4.69) is 9.97 Å². The lowest BCUT2D eigenvalue weighted by atomic mass is 10.1. The molecule has 0 aliphatic rings. The Hall–Kier alpha value is -1.79. The molecule has 0 saturated heterocycles. The highest BCUT2D eigenvalue weighted by atomic mass is 35.5. The molecule has 1 N–H and O–H groups in total. The van der Waals surface area contributed by atoms with Gasteiger partial charge in [-0.05, 0) is 31.5 Å². The molecule has 3 aromatic rings. The number of nitrogens with one attached hydrogen (secondary N) is 1. The summed E-state index contributed by atoms with van der Waals surface area (Å²) in [6.45, 7) is 3.29. The summed E-state index contributed by atoms with van der Waals surface area (Å²) in [5.41, 5.74) is -0.0517. The van der Waals surface area contributed by atoms with Gasteiger partial charge in [0.15, 0.2) is 5.82 Å². The van der Waals surface area contributed by atoms with Gasteiger partial charge in [-0.3, -0.25) is 4.79 Å². The highest BCUT2D eigenvalue weighted by Gasteiger charge is 2.21. The van der Waals surface area contributed by atoms with E-state index < -0.39 is 11.6 Å². The van der Waals surface area contributed by atoms with Crippen LogP contribution in [0.15, 0.2) is 16.9 Å². The number of hydrogen-bond acceptors (Lipinski definition) is 3. The van der Waals surface area contributed by atoms with E-state index in [-0.39, 0.29) is 16.1 Å². The van der Waals surface area contributed by atoms with Gasteiger partial charge in [0.25, 0.3) is 5.56 Å². The average Bonchev–Trinajstić information content (AvgIpc) is 2.72. The average molecular weight is 327 g/mol. The Morgan fingerprint density at radius 2 is 2.00 bits per heavy atom. The van der Waals surface area contributed by atoms with Crippen LogP contribution >= 0.6 is 22.9 Å². The van der Waals surface area contributed by atoms with Crippen molar-refractivity contribution in [1.29, 1.82) is 0 Å². The van der Waals surface area contributed by atoms with Gasteiger partial charge in [0.2, 0.25) is 0 Å². The number of benzene rings is 1. The molecule has 0 fully saturated rings. The van der Waals surface area contributed by atoms with Crippen LogP contribution in [0.4, 0.5) is 8.78 Å². The first-order valence-electron chi connectivity index (χ1n) is 6.04. The van der Waals surface area contributed by atoms with Crippen molar-refractivity contribution < 1.29 is 8.78 Å². The predicted molar refractivity (Wildman–Crippen MR) is 80.1 cm³/mol. The van der Waals surface area contributed by atoms with E-state index in [0.717, 1.165) is 23.5 Å². The number of aromatic nitrogens is 2. The van der Waals surface area contributed by atoms with Crippen LogP contribution in [-0.2, 0) is 0 Å². The van der Waals surface area contributed by atoms with E-state index in [4.69, 9.17) is 11.6 Å². The van der Waals surface area contributed by atoms with E-state index in [1.807, 2.05) is 0 Å². The summed E-state index contributed by atoms with van der Waals surface area (Å²) in [7, 11) is 0. The number of aromatic amines is 1. The van der Waals surface area contributed by atoms with Crippen molar-refractivity contribution in [2.75, 3.05) is 0 Å². The van der Waals surface area contributed by atoms with Gasteiger partial charge in [0.05, 0.1) is 16.0 Å².